The van der Waals surface area contributed by atoms with Gasteiger partial charge in [0.15, 0.2) is 0 Å². The first-order valence-electron chi connectivity index (χ1n) is 6.16. The highest BCUT2D eigenvalue weighted by molar-refractivity contribution is 6.33. The zero-order chi connectivity index (χ0) is 13.5. The van der Waals surface area contributed by atoms with Crippen molar-refractivity contribution in [3.05, 3.63) is 28.8 Å². The van der Waals surface area contributed by atoms with E-state index in [4.69, 9.17) is 22.6 Å². The van der Waals surface area contributed by atoms with Gasteiger partial charge in [-0.3, -0.25) is 4.90 Å². The molecule has 0 radical (unpaired) electrons. The van der Waals surface area contributed by atoms with Crippen LogP contribution in [0, 0.1) is 17.2 Å². The zero-order valence-corrected chi connectivity index (χ0v) is 11.7. The summed E-state index contributed by atoms with van der Waals surface area (Å²) in [6.45, 7) is 6.92. The number of hydrogen-bond donors (Lipinski definition) is 1. The predicted octanol–water partition coefficient (Wildman–Crippen LogP) is 3.29. The molecule has 0 atom stereocenters. The summed E-state index contributed by atoms with van der Waals surface area (Å²) in [5.74, 6) is 0.577. The van der Waals surface area contributed by atoms with Gasteiger partial charge in [-0.2, -0.15) is 5.26 Å². The number of benzene rings is 1. The molecule has 1 aromatic carbocycles. The smallest absolute Gasteiger partial charge is 0.0635 e. The maximum atomic E-state index is 8.68. The summed E-state index contributed by atoms with van der Waals surface area (Å²) in [4.78, 5) is 2.27. The van der Waals surface area contributed by atoms with Crippen molar-refractivity contribution in [1.29, 1.82) is 5.26 Å². The SMILES string of the molecule is CC(C)CN(CCC#N)Cc1ccc(Cl)c(N)c1. The average molecular weight is 266 g/mol. The molecule has 0 bridgehead atoms. The quantitative estimate of drug-likeness (QED) is 0.803. The maximum Gasteiger partial charge on any atom is 0.0635 e. The van der Waals surface area contributed by atoms with Crippen LogP contribution in [0.2, 0.25) is 5.02 Å². The Morgan fingerprint density at radius 2 is 2.17 bits per heavy atom. The fraction of sp³-hybridized carbons (Fsp3) is 0.500. The van der Waals surface area contributed by atoms with Crippen LogP contribution in [0.4, 0.5) is 5.69 Å². The lowest BCUT2D eigenvalue weighted by molar-refractivity contribution is 0.241. The van der Waals surface area contributed by atoms with Crippen molar-refractivity contribution < 1.29 is 0 Å². The van der Waals surface area contributed by atoms with Gasteiger partial charge in [-0.1, -0.05) is 31.5 Å². The summed E-state index contributed by atoms with van der Waals surface area (Å²) in [5.41, 5.74) is 7.54. The Labute approximate surface area is 114 Å². The molecule has 0 fully saturated rings. The van der Waals surface area contributed by atoms with E-state index in [2.05, 4.69) is 24.8 Å². The van der Waals surface area contributed by atoms with Crippen LogP contribution in [0.1, 0.15) is 25.8 Å². The van der Waals surface area contributed by atoms with Crippen molar-refractivity contribution in [3.8, 4) is 6.07 Å². The Morgan fingerprint density at radius 3 is 2.72 bits per heavy atom. The van der Waals surface area contributed by atoms with Crippen LogP contribution in [0.15, 0.2) is 18.2 Å². The molecule has 0 unspecified atom stereocenters. The van der Waals surface area contributed by atoms with Gasteiger partial charge in [0, 0.05) is 26.1 Å². The van der Waals surface area contributed by atoms with E-state index in [1.165, 1.54) is 0 Å². The summed E-state index contributed by atoms with van der Waals surface area (Å²) in [6, 6.07) is 7.90. The molecule has 0 spiro atoms. The van der Waals surface area contributed by atoms with Crippen molar-refractivity contribution in [2.75, 3.05) is 18.8 Å². The number of halogens is 1. The third kappa shape index (κ3) is 4.95. The minimum atomic E-state index is 0.551. The largest absolute Gasteiger partial charge is 0.398 e. The van der Waals surface area contributed by atoms with Gasteiger partial charge >= 0.3 is 0 Å². The second kappa shape index (κ2) is 7.25. The maximum absolute atomic E-state index is 8.68. The van der Waals surface area contributed by atoms with Gasteiger partial charge in [0.05, 0.1) is 16.8 Å². The van der Waals surface area contributed by atoms with Crippen LogP contribution >= 0.6 is 11.6 Å². The van der Waals surface area contributed by atoms with Crippen molar-refractivity contribution in [2.24, 2.45) is 5.92 Å². The van der Waals surface area contributed by atoms with Gasteiger partial charge < -0.3 is 5.73 Å². The lowest BCUT2D eigenvalue weighted by Gasteiger charge is -2.23. The number of hydrogen-bond acceptors (Lipinski definition) is 3. The number of nitriles is 1. The normalized spacial score (nSPS) is 10.9. The molecule has 1 rings (SSSR count). The molecular weight excluding hydrogens is 246 g/mol. The average Bonchev–Trinajstić information content (AvgIpc) is 2.30. The third-order valence-corrected chi connectivity index (χ3v) is 2.97. The molecule has 0 amide bonds. The second-order valence-corrected chi connectivity index (χ2v) is 5.30. The van der Waals surface area contributed by atoms with Crippen LogP contribution in [-0.4, -0.2) is 18.0 Å². The van der Waals surface area contributed by atoms with E-state index < -0.39 is 0 Å². The van der Waals surface area contributed by atoms with Gasteiger partial charge in [0.1, 0.15) is 0 Å². The van der Waals surface area contributed by atoms with Gasteiger partial charge in [0.2, 0.25) is 0 Å². The fourth-order valence-corrected chi connectivity index (χ4v) is 2.03. The van der Waals surface area contributed by atoms with Gasteiger partial charge in [-0.05, 0) is 23.6 Å². The molecule has 0 aliphatic rings. The Kier molecular flexibility index (Phi) is 5.97. The van der Waals surface area contributed by atoms with E-state index in [0.717, 1.165) is 25.2 Å². The van der Waals surface area contributed by atoms with Crippen LogP contribution in [0.5, 0.6) is 0 Å². The van der Waals surface area contributed by atoms with Gasteiger partial charge in [-0.25, -0.2) is 0 Å². The highest BCUT2D eigenvalue weighted by atomic mass is 35.5. The summed E-state index contributed by atoms with van der Waals surface area (Å²) in [6.07, 6.45) is 0.551. The molecule has 4 heteroatoms. The topological polar surface area (TPSA) is 53.0 Å². The highest BCUT2D eigenvalue weighted by Crippen LogP contribution is 2.20. The minimum Gasteiger partial charge on any atom is -0.398 e. The summed E-state index contributed by atoms with van der Waals surface area (Å²) in [5, 5.41) is 9.27. The summed E-state index contributed by atoms with van der Waals surface area (Å²) < 4.78 is 0. The summed E-state index contributed by atoms with van der Waals surface area (Å²) >= 11 is 5.90. The van der Waals surface area contributed by atoms with E-state index in [0.29, 0.717) is 23.0 Å². The standard InChI is InChI=1S/C14H20ClN3/c1-11(2)9-18(7-3-6-16)10-12-4-5-13(15)14(17)8-12/h4-5,8,11H,3,7,9-10,17H2,1-2H3. The van der Waals surface area contributed by atoms with Crippen molar-refractivity contribution in [1.82, 2.24) is 4.90 Å². The number of rotatable bonds is 6. The monoisotopic (exact) mass is 265 g/mol. The predicted molar refractivity (Wildman–Crippen MR) is 76.2 cm³/mol. The molecular formula is C14H20ClN3. The van der Waals surface area contributed by atoms with Gasteiger partial charge in [-0.15, -0.1) is 0 Å². The molecule has 0 aliphatic carbocycles. The number of anilines is 1. The Balaban J connectivity index is 2.69. The minimum absolute atomic E-state index is 0.551. The van der Waals surface area contributed by atoms with Crippen molar-refractivity contribution >= 4 is 17.3 Å². The Hall–Kier alpha value is -1.24. The lowest BCUT2D eigenvalue weighted by Crippen LogP contribution is -2.28. The molecule has 0 saturated carbocycles. The highest BCUT2D eigenvalue weighted by Gasteiger charge is 2.09. The van der Waals surface area contributed by atoms with E-state index in [1.807, 2.05) is 18.2 Å². The first-order chi connectivity index (χ1) is 8.52. The van der Waals surface area contributed by atoms with Crippen molar-refractivity contribution in [2.45, 2.75) is 26.8 Å². The van der Waals surface area contributed by atoms with E-state index >= 15 is 0 Å². The number of nitrogens with two attached hydrogens (primary N) is 1. The molecule has 0 aliphatic heterocycles. The van der Waals surface area contributed by atoms with E-state index in [9.17, 15) is 0 Å². The van der Waals surface area contributed by atoms with E-state index in [-0.39, 0.29) is 0 Å². The number of nitrogens with zero attached hydrogens (tertiary/aromatic N) is 2. The molecule has 18 heavy (non-hydrogen) atoms. The molecule has 2 N–H and O–H groups in total. The van der Waals surface area contributed by atoms with Gasteiger partial charge in [0.25, 0.3) is 0 Å². The first kappa shape index (κ1) is 14.8. The molecule has 3 nitrogen and oxygen atoms in total. The van der Waals surface area contributed by atoms with E-state index in [1.54, 1.807) is 0 Å². The second-order valence-electron chi connectivity index (χ2n) is 4.89. The Bertz CT molecular complexity index is 424. The number of nitrogen functional groups attached to an aromatic ring is 1. The molecule has 0 saturated heterocycles. The lowest BCUT2D eigenvalue weighted by atomic mass is 10.1. The first-order valence-corrected chi connectivity index (χ1v) is 6.54. The molecule has 1 aromatic rings. The fourth-order valence-electron chi connectivity index (χ4n) is 1.91. The zero-order valence-electron chi connectivity index (χ0n) is 11.0. The van der Waals surface area contributed by atoms with Crippen LogP contribution in [-0.2, 0) is 6.54 Å². The van der Waals surface area contributed by atoms with Crippen LogP contribution < -0.4 is 5.73 Å². The summed E-state index contributed by atoms with van der Waals surface area (Å²) in [7, 11) is 0. The van der Waals surface area contributed by atoms with Crippen molar-refractivity contribution in [3.63, 3.8) is 0 Å². The third-order valence-electron chi connectivity index (χ3n) is 2.63. The molecule has 0 aromatic heterocycles. The molecule has 98 valence electrons. The molecule has 0 heterocycles. The van der Waals surface area contributed by atoms with Crippen LogP contribution in [0.25, 0.3) is 0 Å². The Morgan fingerprint density at radius 1 is 1.44 bits per heavy atom. The van der Waals surface area contributed by atoms with Crippen LogP contribution in [0.3, 0.4) is 0 Å².